The molecule has 2 amide bonds. The van der Waals surface area contributed by atoms with E-state index in [0.717, 1.165) is 58.0 Å². The van der Waals surface area contributed by atoms with Crippen molar-refractivity contribution in [3.8, 4) is 0 Å². The van der Waals surface area contributed by atoms with Gasteiger partial charge in [-0.05, 0) is 57.4 Å². The molecular weight excluding hydrogens is 432 g/mol. The first-order valence-corrected chi connectivity index (χ1v) is 12.1. The number of aliphatic hydroxyl groups excluding tert-OH is 1. The fourth-order valence-corrected chi connectivity index (χ4v) is 5.90. The van der Waals surface area contributed by atoms with Crippen molar-refractivity contribution in [1.29, 1.82) is 0 Å². The molecule has 176 valence electrons. The van der Waals surface area contributed by atoms with Crippen LogP contribution < -0.4 is 9.80 Å². The molecule has 1 saturated carbocycles. The smallest absolute Gasteiger partial charge is 0.411 e. The number of likely N-dealkylation sites (tertiary alicyclic amines) is 1. The highest BCUT2D eigenvalue weighted by atomic mass is 35.5. The quantitative estimate of drug-likeness (QED) is 0.688. The summed E-state index contributed by atoms with van der Waals surface area (Å²) >= 11 is 6.56. The maximum atomic E-state index is 13.5. The number of anilines is 2. The third kappa shape index (κ3) is 4.39. The van der Waals surface area contributed by atoms with Crippen molar-refractivity contribution in [2.75, 3.05) is 36.0 Å². The second kappa shape index (κ2) is 9.43. The van der Waals surface area contributed by atoms with Crippen molar-refractivity contribution in [3.63, 3.8) is 0 Å². The summed E-state index contributed by atoms with van der Waals surface area (Å²) in [6.45, 7) is 4.43. The Kier molecular flexibility index (Phi) is 6.81. The van der Waals surface area contributed by atoms with Crippen molar-refractivity contribution in [2.24, 2.45) is 5.41 Å². The van der Waals surface area contributed by atoms with Crippen LogP contribution in [0.2, 0.25) is 5.02 Å². The van der Waals surface area contributed by atoms with Gasteiger partial charge in [-0.15, -0.1) is 0 Å². The standard InChI is InChI=1S/C23H33ClN4O4/c1-2-10-28(22(31)32)17-13-19(24)20(25-14-17)26-11-3-8-23(15-26)9-12-27(21(23)30)16-4-6-18(29)7-5-16/h13-14,16,18,29H,2-12,15H2,1H3,(H,31,32). The zero-order chi connectivity index (χ0) is 22.9. The Hall–Kier alpha value is -2.06. The van der Waals surface area contributed by atoms with Gasteiger partial charge in [-0.3, -0.25) is 9.69 Å². The van der Waals surface area contributed by atoms with Gasteiger partial charge in [0.15, 0.2) is 0 Å². The first-order valence-electron chi connectivity index (χ1n) is 11.7. The molecule has 8 nitrogen and oxygen atoms in total. The number of halogens is 1. The number of nitrogens with zero attached hydrogens (tertiary/aromatic N) is 4. The van der Waals surface area contributed by atoms with E-state index in [1.165, 1.54) is 4.90 Å². The number of piperidine rings is 1. The molecule has 32 heavy (non-hydrogen) atoms. The van der Waals surface area contributed by atoms with E-state index in [1.54, 1.807) is 12.3 Å². The molecule has 2 aliphatic heterocycles. The van der Waals surface area contributed by atoms with Crippen LogP contribution in [0.25, 0.3) is 0 Å². The third-order valence-electron chi connectivity index (χ3n) is 7.33. The molecule has 0 bridgehead atoms. The molecule has 0 aromatic carbocycles. The molecule has 1 aromatic rings. The van der Waals surface area contributed by atoms with Crippen LogP contribution in [0.3, 0.4) is 0 Å². The van der Waals surface area contributed by atoms with E-state index >= 15 is 0 Å². The van der Waals surface area contributed by atoms with Crippen LogP contribution in [-0.4, -0.2) is 70.4 Å². The lowest BCUT2D eigenvalue weighted by Crippen LogP contribution is -2.50. The third-order valence-corrected chi connectivity index (χ3v) is 7.60. The lowest BCUT2D eigenvalue weighted by molar-refractivity contribution is -0.139. The van der Waals surface area contributed by atoms with Crippen molar-refractivity contribution >= 4 is 35.1 Å². The van der Waals surface area contributed by atoms with Crippen LogP contribution in [0.4, 0.5) is 16.3 Å². The fraction of sp³-hybridized carbons (Fsp3) is 0.696. The largest absolute Gasteiger partial charge is 0.465 e. The van der Waals surface area contributed by atoms with Crippen molar-refractivity contribution in [3.05, 3.63) is 17.3 Å². The van der Waals surface area contributed by atoms with E-state index in [1.807, 2.05) is 6.92 Å². The predicted octanol–water partition coefficient (Wildman–Crippen LogP) is 3.75. The number of rotatable bonds is 5. The number of hydrogen-bond donors (Lipinski definition) is 2. The minimum Gasteiger partial charge on any atom is -0.465 e. The van der Waals surface area contributed by atoms with Gasteiger partial charge in [0.25, 0.3) is 0 Å². The van der Waals surface area contributed by atoms with Crippen LogP contribution in [0.15, 0.2) is 12.3 Å². The highest BCUT2D eigenvalue weighted by Gasteiger charge is 2.51. The van der Waals surface area contributed by atoms with Gasteiger partial charge in [-0.25, -0.2) is 9.78 Å². The Bertz CT molecular complexity index is 860. The molecule has 1 atom stereocenters. The average Bonchev–Trinajstić information content (AvgIpc) is 3.07. The zero-order valence-electron chi connectivity index (χ0n) is 18.7. The number of carbonyl (C=O) groups excluding carboxylic acids is 1. The van der Waals surface area contributed by atoms with Gasteiger partial charge in [-0.1, -0.05) is 18.5 Å². The van der Waals surface area contributed by atoms with Crippen molar-refractivity contribution in [2.45, 2.75) is 70.4 Å². The van der Waals surface area contributed by atoms with E-state index < -0.39 is 11.5 Å². The van der Waals surface area contributed by atoms with Crippen LogP contribution in [0.1, 0.15) is 58.3 Å². The van der Waals surface area contributed by atoms with Gasteiger partial charge in [0.2, 0.25) is 5.91 Å². The summed E-state index contributed by atoms with van der Waals surface area (Å²) in [6, 6.07) is 1.90. The molecule has 1 spiro atoms. The molecule has 1 unspecified atom stereocenters. The van der Waals surface area contributed by atoms with Crippen LogP contribution in [0, 0.1) is 5.41 Å². The maximum Gasteiger partial charge on any atom is 0.411 e. The first-order chi connectivity index (χ1) is 15.3. The first kappa shape index (κ1) is 23.1. The second-order valence-electron chi connectivity index (χ2n) is 9.45. The average molecular weight is 465 g/mol. The molecule has 1 aliphatic carbocycles. The van der Waals surface area contributed by atoms with Crippen molar-refractivity contribution in [1.82, 2.24) is 9.88 Å². The van der Waals surface area contributed by atoms with Crippen LogP contribution in [-0.2, 0) is 4.79 Å². The monoisotopic (exact) mass is 464 g/mol. The Morgan fingerprint density at radius 2 is 2.03 bits per heavy atom. The van der Waals surface area contributed by atoms with Gasteiger partial charge >= 0.3 is 6.09 Å². The normalized spacial score (nSPS) is 28.4. The molecular formula is C23H33ClN4O4. The molecule has 3 fully saturated rings. The molecule has 3 aliphatic rings. The molecule has 0 radical (unpaired) electrons. The number of hydrogen-bond acceptors (Lipinski definition) is 5. The van der Waals surface area contributed by atoms with Gasteiger partial charge in [0.05, 0.1) is 28.4 Å². The number of aromatic nitrogens is 1. The van der Waals surface area contributed by atoms with Gasteiger partial charge in [0, 0.05) is 32.2 Å². The molecule has 2 N–H and O–H groups in total. The zero-order valence-corrected chi connectivity index (χ0v) is 19.4. The molecule has 4 rings (SSSR count). The number of carbonyl (C=O) groups is 2. The lowest BCUT2D eigenvalue weighted by atomic mass is 9.78. The number of amides is 2. The summed E-state index contributed by atoms with van der Waals surface area (Å²) in [5.74, 6) is 0.847. The summed E-state index contributed by atoms with van der Waals surface area (Å²) in [6.07, 6.45) is 6.87. The summed E-state index contributed by atoms with van der Waals surface area (Å²) in [7, 11) is 0. The summed E-state index contributed by atoms with van der Waals surface area (Å²) in [4.78, 5) is 35.0. The minimum absolute atomic E-state index is 0.228. The Morgan fingerprint density at radius 3 is 2.69 bits per heavy atom. The van der Waals surface area contributed by atoms with E-state index in [-0.39, 0.29) is 18.1 Å². The summed E-state index contributed by atoms with van der Waals surface area (Å²) in [5, 5.41) is 19.7. The van der Waals surface area contributed by atoms with E-state index in [0.29, 0.717) is 36.0 Å². The number of pyridine rings is 1. The predicted molar refractivity (Wildman–Crippen MR) is 123 cm³/mol. The Labute approximate surface area is 194 Å². The fourth-order valence-electron chi connectivity index (χ4n) is 5.62. The maximum absolute atomic E-state index is 13.5. The Balaban J connectivity index is 1.49. The van der Waals surface area contributed by atoms with E-state index in [4.69, 9.17) is 11.6 Å². The summed E-state index contributed by atoms with van der Waals surface area (Å²) < 4.78 is 0. The van der Waals surface area contributed by atoms with E-state index in [2.05, 4.69) is 14.8 Å². The topological polar surface area (TPSA) is 97.2 Å². The van der Waals surface area contributed by atoms with Gasteiger partial charge < -0.3 is 20.0 Å². The van der Waals surface area contributed by atoms with Crippen LogP contribution >= 0.6 is 11.6 Å². The summed E-state index contributed by atoms with van der Waals surface area (Å²) in [5.41, 5.74) is 0.0512. The molecule has 3 heterocycles. The van der Waals surface area contributed by atoms with Crippen LogP contribution in [0.5, 0.6) is 0 Å². The van der Waals surface area contributed by atoms with Gasteiger partial charge in [-0.2, -0.15) is 0 Å². The van der Waals surface area contributed by atoms with E-state index in [9.17, 15) is 19.8 Å². The highest BCUT2D eigenvalue weighted by Crippen LogP contribution is 2.44. The number of carboxylic acid groups (broad SMARTS) is 1. The molecule has 9 heteroatoms. The van der Waals surface area contributed by atoms with Gasteiger partial charge in [0.1, 0.15) is 5.82 Å². The Morgan fingerprint density at radius 1 is 1.28 bits per heavy atom. The lowest BCUT2D eigenvalue weighted by Gasteiger charge is -2.41. The van der Waals surface area contributed by atoms with Crippen molar-refractivity contribution < 1.29 is 19.8 Å². The molecule has 2 saturated heterocycles. The second-order valence-corrected chi connectivity index (χ2v) is 9.86. The molecule has 1 aromatic heterocycles. The number of aliphatic hydroxyl groups is 1. The SMILES string of the molecule is CCCN(C(=O)O)c1cnc(N2CCCC3(CCN(C4CCC(O)CC4)C3=O)C2)c(Cl)c1. The highest BCUT2D eigenvalue weighted by molar-refractivity contribution is 6.33. The minimum atomic E-state index is -1.03.